The summed E-state index contributed by atoms with van der Waals surface area (Å²) in [5.74, 6) is 0.432. The van der Waals surface area contributed by atoms with Crippen LogP contribution in [0.3, 0.4) is 0 Å². The van der Waals surface area contributed by atoms with Crippen LogP contribution in [0.15, 0.2) is 15.6 Å². The molecule has 2 heterocycles. The second-order valence-corrected chi connectivity index (χ2v) is 6.50. The lowest BCUT2D eigenvalue weighted by Crippen LogP contribution is -2.33. The van der Waals surface area contributed by atoms with Gasteiger partial charge in [0.2, 0.25) is 0 Å². The van der Waals surface area contributed by atoms with Crippen LogP contribution in [0.25, 0.3) is 0 Å². The summed E-state index contributed by atoms with van der Waals surface area (Å²) in [5, 5.41) is 10.3. The molecule has 0 aromatic heterocycles. The van der Waals surface area contributed by atoms with E-state index in [4.69, 9.17) is 5.11 Å². The molecular weight excluding hydrogens is 234 g/mol. The van der Waals surface area contributed by atoms with E-state index in [1.165, 1.54) is 22.8 Å². The van der Waals surface area contributed by atoms with Crippen molar-refractivity contribution in [3.63, 3.8) is 0 Å². The van der Waals surface area contributed by atoms with Crippen LogP contribution >= 0.6 is 11.8 Å². The highest BCUT2D eigenvalue weighted by molar-refractivity contribution is 8.03. The lowest BCUT2D eigenvalue weighted by atomic mass is 9.67. The highest BCUT2D eigenvalue weighted by Gasteiger charge is 2.39. The third-order valence-electron chi connectivity index (χ3n) is 4.30. The molecule has 92 valence electrons. The van der Waals surface area contributed by atoms with Crippen LogP contribution in [0, 0.1) is 11.3 Å². The molecule has 1 aliphatic carbocycles. The number of aliphatic carboxylic acids is 1. The van der Waals surface area contributed by atoms with Gasteiger partial charge in [0.05, 0.1) is 10.9 Å². The predicted molar refractivity (Wildman–Crippen MR) is 69.2 cm³/mol. The number of carboxylic acid groups (broad SMARTS) is 1. The molecule has 2 aliphatic heterocycles. The molecule has 4 heteroatoms. The fraction of sp³-hybridized carbons (Fsp3) is 0.692. The van der Waals surface area contributed by atoms with Crippen LogP contribution in [0.5, 0.6) is 0 Å². The zero-order chi connectivity index (χ0) is 11.9. The SMILES string of the molecule is O=C(O)C1CCC2(C=NC3=C(CCS3)C2)CC1. The summed E-state index contributed by atoms with van der Waals surface area (Å²) >= 11 is 1.87. The molecule has 3 nitrogen and oxygen atoms in total. The molecule has 1 saturated carbocycles. The Morgan fingerprint density at radius 1 is 1.47 bits per heavy atom. The van der Waals surface area contributed by atoms with E-state index in [-0.39, 0.29) is 11.3 Å². The monoisotopic (exact) mass is 251 g/mol. The molecule has 0 bridgehead atoms. The third-order valence-corrected chi connectivity index (χ3v) is 5.37. The minimum absolute atomic E-state index is 0.123. The van der Waals surface area contributed by atoms with E-state index in [1.807, 2.05) is 11.8 Å². The molecule has 0 saturated heterocycles. The van der Waals surface area contributed by atoms with Gasteiger partial charge >= 0.3 is 5.97 Å². The maximum Gasteiger partial charge on any atom is 0.306 e. The molecule has 1 spiro atoms. The summed E-state index contributed by atoms with van der Waals surface area (Å²) in [7, 11) is 0. The van der Waals surface area contributed by atoms with Crippen molar-refractivity contribution in [2.45, 2.75) is 38.5 Å². The molecule has 0 radical (unpaired) electrons. The highest BCUT2D eigenvalue weighted by atomic mass is 32.2. The minimum atomic E-state index is -0.621. The van der Waals surface area contributed by atoms with Crippen LogP contribution < -0.4 is 0 Å². The first-order chi connectivity index (χ1) is 8.19. The fourth-order valence-electron chi connectivity index (χ4n) is 3.18. The molecule has 0 aromatic rings. The Morgan fingerprint density at radius 2 is 2.24 bits per heavy atom. The Bertz CT molecular complexity index is 406. The van der Waals surface area contributed by atoms with Gasteiger partial charge in [-0.1, -0.05) is 0 Å². The maximum absolute atomic E-state index is 11.0. The van der Waals surface area contributed by atoms with E-state index in [0.29, 0.717) is 0 Å². The maximum atomic E-state index is 11.0. The lowest BCUT2D eigenvalue weighted by molar-refractivity contribution is -0.143. The zero-order valence-electron chi connectivity index (χ0n) is 9.82. The number of carbonyl (C=O) groups is 1. The summed E-state index contributed by atoms with van der Waals surface area (Å²) in [6.45, 7) is 0. The van der Waals surface area contributed by atoms with Crippen molar-refractivity contribution in [3.8, 4) is 0 Å². The summed E-state index contributed by atoms with van der Waals surface area (Å²) in [5.41, 5.74) is 1.71. The highest BCUT2D eigenvalue weighted by Crippen LogP contribution is 2.49. The van der Waals surface area contributed by atoms with Gasteiger partial charge in [-0.25, -0.2) is 0 Å². The molecule has 0 atom stereocenters. The summed E-state index contributed by atoms with van der Waals surface area (Å²) in [6, 6.07) is 0. The predicted octanol–water partition coefficient (Wildman–Crippen LogP) is 3.07. The molecule has 0 aromatic carbocycles. The Labute approximate surface area is 105 Å². The Hall–Kier alpha value is -0.770. The van der Waals surface area contributed by atoms with Crippen LogP contribution in [0.4, 0.5) is 0 Å². The quantitative estimate of drug-likeness (QED) is 0.779. The normalized spacial score (nSPS) is 36.4. The van der Waals surface area contributed by atoms with Crippen molar-refractivity contribution in [1.82, 2.24) is 0 Å². The van der Waals surface area contributed by atoms with Gasteiger partial charge in [0.15, 0.2) is 0 Å². The number of carboxylic acids is 1. The second kappa shape index (κ2) is 4.16. The molecule has 0 unspecified atom stereocenters. The number of nitrogens with zero attached hydrogens (tertiary/aromatic N) is 1. The first-order valence-corrected chi connectivity index (χ1v) is 7.30. The molecular formula is C13H17NO2S. The van der Waals surface area contributed by atoms with Gasteiger partial charge in [-0.05, 0) is 44.1 Å². The average molecular weight is 251 g/mol. The Balaban J connectivity index is 1.70. The largest absolute Gasteiger partial charge is 0.481 e. The molecule has 1 fully saturated rings. The second-order valence-electron chi connectivity index (χ2n) is 5.42. The molecule has 3 rings (SSSR count). The molecule has 0 amide bonds. The van der Waals surface area contributed by atoms with Crippen LogP contribution in [0.1, 0.15) is 38.5 Å². The topological polar surface area (TPSA) is 49.7 Å². The van der Waals surface area contributed by atoms with Gasteiger partial charge in [0.1, 0.15) is 0 Å². The van der Waals surface area contributed by atoms with E-state index >= 15 is 0 Å². The standard InChI is InChI=1S/C13H17NO2S/c15-12(16)9-1-4-13(5-2-9)7-10-3-6-17-11(10)14-8-13/h8-9H,1-7H2,(H,15,16). The smallest absolute Gasteiger partial charge is 0.306 e. The lowest BCUT2D eigenvalue weighted by Gasteiger charge is -2.38. The van der Waals surface area contributed by atoms with Crippen LogP contribution in [-0.2, 0) is 4.79 Å². The summed E-state index contributed by atoms with van der Waals surface area (Å²) < 4.78 is 0. The number of aliphatic imine (C=N–C) groups is 1. The van der Waals surface area contributed by atoms with E-state index in [9.17, 15) is 4.79 Å². The first-order valence-electron chi connectivity index (χ1n) is 6.31. The van der Waals surface area contributed by atoms with Gasteiger partial charge in [-0.15, -0.1) is 11.8 Å². The fourth-order valence-corrected chi connectivity index (χ4v) is 4.23. The number of hydrogen-bond acceptors (Lipinski definition) is 3. The Morgan fingerprint density at radius 3 is 2.94 bits per heavy atom. The van der Waals surface area contributed by atoms with Gasteiger partial charge in [0, 0.05) is 17.4 Å². The van der Waals surface area contributed by atoms with Crippen molar-refractivity contribution in [2.75, 3.05) is 5.75 Å². The summed E-state index contributed by atoms with van der Waals surface area (Å²) in [6.07, 6.45) is 8.06. The zero-order valence-corrected chi connectivity index (χ0v) is 10.6. The number of thioether (sulfide) groups is 1. The number of rotatable bonds is 1. The van der Waals surface area contributed by atoms with Crippen molar-refractivity contribution >= 4 is 23.9 Å². The van der Waals surface area contributed by atoms with Crippen molar-refractivity contribution in [1.29, 1.82) is 0 Å². The van der Waals surface area contributed by atoms with Crippen molar-refractivity contribution in [3.05, 3.63) is 10.6 Å². The van der Waals surface area contributed by atoms with Gasteiger partial charge < -0.3 is 5.11 Å². The average Bonchev–Trinajstić information content (AvgIpc) is 2.76. The summed E-state index contributed by atoms with van der Waals surface area (Å²) in [4.78, 5) is 15.6. The van der Waals surface area contributed by atoms with Gasteiger partial charge in [0.25, 0.3) is 0 Å². The van der Waals surface area contributed by atoms with Crippen molar-refractivity contribution in [2.24, 2.45) is 16.3 Å². The van der Waals surface area contributed by atoms with Crippen LogP contribution in [-0.4, -0.2) is 23.0 Å². The molecule has 3 aliphatic rings. The van der Waals surface area contributed by atoms with E-state index in [2.05, 4.69) is 11.2 Å². The van der Waals surface area contributed by atoms with Gasteiger partial charge in [-0.2, -0.15) is 0 Å². The van der Waals surface area contributed by atoms with Gasteiger partial charge in [-0.3, -0.25) is 9.79 Å². The third kappa shape index (κ3) is 2.03. The number of allylic oxidation sites excluding steroid dienone is 1. The van der Waals surface area contributed by atoms with E-state index in [1.54, 1.807) is 0 Å². The van der Waals surface area contributed by atoms with Crippen molar-refractivity contribution < 1.29 is 9.90 Å². The van der Waals surface area contributed by atoms with E-state index < -0.39 is 5.97 Å². The first kappa shape index (κ1) is 11.3. The minimum Gasteiger partial charge on any atom is -0.481 e. The molecule has 17 heavy (non-hydrogen) atoms. The Kier molecular flexibility index (Phi) is 2.77. The van der Waals surface area contributed by atoms with Crippen LogP contribution in [0.2, 0.25) is 0 Å². The number of hydrogen-bond donors (Lipinski definition) is 1. The van der Waals surface area contributed by atoms with E-state index in [0.717, 1.165) is 32.1 Å². The molecule has 1 N–H and O–H groups in total.